The van der Waals surface area contributed by atoms with Crippen LogP contribution in [0.15, 0.2) is 103 Å². The Bertz CT molecular complexity index is 2380. The van der Waals surface area contributed by atoms with E-state index in [0.29, 0.717) is 0 Å². The molecule has 7 N–H and O–H groups in total. The summed E-state index contributed by atoms with van der Waals surface area (Å²) in [4.78, 5) is 21.6. The number of carbonyl (C=O) groups is 2. The van der Waals surface area contributed by atoms with Gasteiger partial charge >= 0.3 is 11.9 Å². The van der Waals surface area contributed by atoms with Gasteiger partial charge in [0.25, 0.3) is 20.2 Å². The highest BCUT2D eigenvalue weighted by atomic mass is 32.2. The molecule has 0 aliphatic heterocycles. The maximum Gasteiger partial charge on any atom is 0.335 e. The van der Waals surface area contributed by atoms with Crippen LogP contribution in [0.1, 0.15) is 20.7 Å². The molecule has 16 nitrogen and oxygen atoms in total. The topological polar surface area (TPSA) is 279 Å². The molecular formula is C28H19N5O11S2. The van der Waals surface area contributed by atoms with Crippen LogP contribution in [-0.2, 0) is 20.2 Å². The average Bonchev–Trinajstić information content (AvgIpc) is 2.98. The molecule has 0 bridgehead atoms. The van der Waals surface area contributed by atoms with Crippen molar-refractivity contribution in [2.45, 2.75) is 9.79 Å². The Hall–Kier alpha value is -5.82. The Kier molecular flexibility index (Phi) is 7.97. The number of phenolic OH excluding ortho intramolecular Hbond substituents is 1. The molecular weight excluding hydrogens is 646 g/mol. The second-order valence-corrected chi connectivity index (χ2v) is 12.4. The maximum atomic E-state index is 12.2. The smallest absolute Gasteiger partial charge is 0.335 e. The van der Waals surface area contributed by atoms with Gasteiger partial charge in [0, 0.05) is 21.8 Å². The summed E-state index contributed by atoms with van der Waals surface area (Å²) in [7, 11) is -9.65. The fourth-order valence-corrected chi connectivity index (χ4v) is 5.58. The molecule has 0 saturated carbocycles. The summed E-state index contributed by atoms with van der Waals surface area (Å²) in [5.74, 6) is -3.50. The van der Waals surface area contributed by atoms with Crippen LogP contribution in [0.5, 0.6) is 5.75 Å². The summed E-state index contributed by atoms with van der Waals surface area (Å²) in [6, 6.07) is 14.2. The van der Waals surface area contributed by atoms with E-state index in [1.807, 2.05) is 0 Å². The minimum Gasteiger partial charge on any atom is -0.505 e. The van der Waals surface area contributed by atoms with Gasteiger partial charge in [-0.2, -0.15) is 21.9 Å². The van der Waals surface area contributed by atoms with Gasteiger partial charge in [-0.1, -0.05) is 12.1 Å². The third-order valence-corrected chi connectivity index (χ3v) is 8.25. The lowest BCUT2D eigenvalue weighted by Crippen LogP contribution is -2.01. The van der Waals surface area contributed by atoms with Crippen molar-refractivity contribution in [3.8, 4) is 5.75 Å². The number of rotatable bonds is 8. The number of anilines is 1. The van der Waals surface area contributed by atoms with E-state index in [1.165, 1.54) is 36.4 Å². The van der Waals surface area contributed by atoms with Crippen molar-refractivity contribution < 1.29 is 50.8 Å². The third-order valence-electron chi connectivity index (χ3n) is 6.54. The lowest BCUT2D eigenvalue weighted by molar-refractivity contribution is 0.0696. The lowest BCUT2D eigenvalue weighted by atomic mass is 10.1. The van der Waals surface area contributed by atoms with E-state index < -0.39 is 53.4 Å². The van der Waals surface area contributed by atoms with Gasteiger partial charge in [0.15, 0.2) is 5.75 Å². The molecule has 5 rings (SSSR count). The van der Waals surface area contributed by atoms with Crippen LogP contribution in [-0.4, -0.2) is 53.2 Å². The summed E-state index contributed by atoms with van der Waals surface area (Å²) in [5, 5.41) is 45.8. The van der Waals surface area contributed by atoms with Gasteiger partial charge in [-0.15, -0.1) is 15.3 Å². The number of benzene rings is 5. The summed E-state index contributed by atoms with van der Waals surface area (Å²) in [6.45, 7) is 0. The molecule has 5 aromatic carbocycles. The van der Waals surface area contributed by atoms with Crippen molar-refractivity contribution >= 4 is 82.2 Å². The first-order valence-electron chi connectivity index (χ1n) is 12.5. The number of nitrogen functional groups attached to an aromatic ring is 1. The first-order chi connectivity index (χ1) is 21.5. The predicted octanol–water partition coefficient (Wildman–Crippen LogP) is 6.00. The van der Waals surface area contributed by atoms with Gasteiger partial charge in [0.05, 0.1) is 33.1 Å². The Morgan fingerprint density at radius 2 is 1.24 bits per heavy atom. The first-order valence-corrected chi connectivity index (χ1v) is 15.4. The molecule has 0 aliphatic carbocycles. The Labute approximate surface area is 258 Å². The van der Waals surface area contributed by atoms with E-state index >= 15 is 0 Å². The van der Waals surface area contributed by atoms with Gasteiger partial charge in [0.2, 0.25) is 0 Å². The van der Waals surface area contributed by atoms with Crippen molar-refractivity contribution in [2.24, 2.45) is 20.5 Å². The number of azo groups is 2. The number of carboxylic acid groups (broad SMARTS) is 2. The minimum atomic E-state index is -4.92. The van der Waals surface area contributed by atoms with Crippen molar-refractivity contribution in [1.82, 2.24) is 0 Å². The van der Waals surface area contributed by atoms with Crippen LogP contribution in [0.3, 0.4) is 0 Å². The highest BCUT2D eigenvalue weighted by molar-refractivity contribution is 7.86. The fraction of sp³-hybridized carbons (Fsp3) is 0. The van der Waals surface area contributed by atoms with E-state index in [0.717, 1.165) is 36.4 Å². The normalized spacial score (nSPS) is 12.4. The number of aromatic hydroxyl groups is 1. The van der Waals surface area contributed by atoms with Gasteiger partial charge < -0.3 is 21.1 Å². The zero-order valence-corrected chi connectivity index (χ0v) is 24.4. The van der Waals surface area contributed by atoms with E-state index in [2.05, 4.69) is 20.5 Å². The lowest BCUT2D eigenvalue weighted by Gasteiger charge is -2.10. The molecule has 0 fully saturated rings. The largest absolute Gasteiger partial charge is 0.505 e. The summed E-state index contributed by atoms with van der Waals surface area (Å²) in [5.41, 5.74) is 4.42. The van der Waals surface area contributed by atoms with Crippen LogP contribution in [0.2, 0.25) is 0 Å². The molecule has 0 amide bonds. The monoisotopic (exact) mass is 665 g/mol. The molecule has 46 heavy (non-hydrogen) atoms. The highest BCUT2D eigenvalue weighted by Crippen LogP contribution is 2.43. The van der Waals surface area contributed by atoms with E-state index in [-0.39, 0.29) is 55.4 Å². The second-order valence-electron chi connectivity index (χ2n) is 9.59. The molecule has 0 heterocycles. The van der Waals surface area contributed by atoms with Crippen LogP contribution in [0.4, 0.5) is 28.4 Å². The third kappa shape index (κ3) is 6.35. The van der Waals surface area contributed by atoms with Crippen molar-refractivity contribution in [3.63, 3.8) is 0 Å². The summed E-state index contributed by atoms with van der Waals surface area (Å²) in [6.07, 6.45) is 0. The number of hydrogen-bond donors (Lipinski definition) is 6. The molecule has 0 spiro atoms. The number of fused-ring (bicyclic) bond motifs is 2. The minimum absolute atomic E-state index is 0.00804. The molecule has 0 atom stereocenters. The van der Waals surface area contributed by atoms with E-state index in [9.17, 15) is 50.8 Å². The Morgan fingerprint density at radius 1 is 0.630 bits per heavy atom. The maximum absolute atomic E-state index is 12.2. The van der Waals surface area contributed by atoms with Crippen molar-refractivity contribution in [3.05, 3.63) is 83.9 Å². The molecule has 0 aliphatic rings. The number of hydrogen-bond acceptors (Lipinski definition) is 12. The SMILES string of the molecule is Nc1ccc2cc(S(=O)(=O)O)c(/N=N/c3ccc(/N=N/c4cc(C(=O)O)cc(C(=O)O)c4)c4cc(S(=O)(=O)O)ccc34)c(O)c2c1. The van der Waals surface area contributed by atoms with Gasteiger partial charge in [-0.05, 0) is 66.0 Å². The van der Waals surface area contributed by atoms with Crippen molar-refractivity contribution in [2.75, 3.05) is 5.73 Å². The zero-order chi connectivity index (χ0) is 33.6. The number of nitrogens with two attached hydrogens (primary N) is 1. The number of phenols is 1. The molecule has 0 radical (unpaired) electrons. The Morgan fingerprint density at radius 3 is 1.83 bits per heavy atom. The van der Waals surface area contributed by atoms with Crippen LogP contribution < -0.4 is 5.73 Å². The standard InChI is InChI=1S/C28H19N5O11S2/c29-16-2-1-13-10-24(46(42,43)44)25(26(34)20(13)11-16)33-32-22-5-6-23(21-12-18(45(39,40)41)3-4-19(21)22)31-30-17-8-14(27(35)36)7-15(9-17)28(37)38/h1-12,34H,29H2,(H,35,36)(H,37,38)(H,39,40,41)(H,42,43,44)/b31-30+,33-32+. The number of nitrogens with zero attached hydrogens (tertiary/aromatic N) is 4. The summed E-state index contributed by atoms with van der Waals surface area (Å²) < 4.78 is 67.6. The molecule has 18 heteroatoms. The second kappa shape index (κ2) is 11.6. The van der Waals surface area contributed by atoms with Crippen LogP contribution >= 0.6 is 0 Å². The summed E-state index contributed by atoms with van der Waals surface area (Å²) >= 11 is 0. The van der Waals surface area contributed by atoms with Gasteiger partial charge in [0.1, 0.15) is 10.6 Å². The van der Waals surface area contributed by atoms with Crippen LogP contribution in [0.25, 0.3) is 21.5 Å². The molecule has 234 valence electrons. The molecule has 0 saturated heterocycles. The molecule has 0 aromatic heterocycles. The van der Waals surface area contributed by atoms with Gasteiger partial charge in [-0.25, -0.2) is 9.59 Å². The zero-order valence-electron chi connectivity index (χ0n) is 22.8. The Balaban J connectivity index is 1.69. The van der Waals surface area contributed by atoms with Crippen molar-refractivity contribution in [1.29, 1.82) is 0 Å². The molecule has 5 aromatic rings. The van der Waals surface area contributed by atoms with Gasteiger partial charge in [-0.3, -0.25) is 9.11 Å². The fourth-order valence-electron chi connectivity index (χ4n) is 4.41. The van der Waals surface area contributed by atoms with E-state index in [1.54, 1.807) is 0 Å². The van der Waals surface area contributed by atoms with E-state index in [4.69, 9.17) is 5.73 Å². The molecule has 0 unspecified atom stereocenters. The number of carboxylic acids is 2. The highest BCUT2D eigenvalue weighted by Gasteiger charge is 2.22. The van der Waals surface area contributed by atoms with Crippen LogP contribution in [0, 0.1) is 0 Å². The first kappa shape index (κ1) is 31.6. The quantitative estimate of drug-likeness (QED) is 0.0632. The predicted molar refractivity (Wildman–Crippen MR) is 162 cm³/mol. The number of aromatic carboxylic acids is 2. The average molecular weight is 666 g/mol.